The fourth-order valence-corrected chi connectivity index (χ4v) is 4.47. The molecule has 0 spiro atoms. The number of aliphatic hydroxyl groups is 1. The number of benzene rings is 1. The number of aliphatic hydroxyl groups excluding tert-OH is 1. The number of likely N-dealkylation sites (N-methyl/N-ethyl adjacent to an activating group) is 1. The van der Waals surface area contributed by atoms with E-state index in [4.69, 9.17) is 19.4 Å². The number of nitrogens with zero attached hydrogens (tertiary/aromatic N) is 4. The Kier molecular flexibility index (Phi) is 9.24. The summed E-state index contributed by atoms with van der Waals surface area (Å²) in [6.07, 6.45) is -2.05. The quantitative estimate of drug-likeness (QED) is 0.423. The van der Waals surface area contributed by atoms with Gasteiger partial charge in [-0.25, -0.2) is 18.7 Å². The van der Waals surface area contributed by atoms with Crippen molar-refractivity contribution in [3.8, 4) is 17.1 Å². The third-order valence-corrected chi connectivity index (χ3v) is 6.43. The molecule has 2 fully saturated rings. The predicted octanol–water partition coefficient (Wildman–Crippen LogP) is 2.00. The van der Waals surface area contributed by atoms with Crippen molar-refractivity contribution in [1.29, 1.82) is 0 Å². The Morgan fingerprint density at radius 2 is 2.03 bits per heavy atom. The number of nitrogens with one attached hydrogen (secondary N) is 2. The summed E-state index contributed by atoms with van der Waals surface area (Å²) >= 11 is 0. The second kappa shape index (κ2) is 12.6. The molecule has 9 nitrogen and oxygen atoms in total. The zero-order chi connectivity index (χ0) is 25.5. The van der Waals surface area contributed by atoms with Crippen LogP contribution in [0.1, 0.15) is 12.0 Å². The molecule has 3 heterocycles. The Hall–Kier alpha value is -2.60. The van der Waals surface area contributed by atoms with Crippen molar-refractivity contribution in [3.63, 3.8) is 0 Å². The smallest absolute Gasteiger partial charge is 0.251 e. The van der Waals surface area contributed by atoms with Crippen LogP contribution in [-0.4, -0.2) is 105 Å². The number of hydrogen-bond acceptors (Lipinski definition) is 9. The van der Waals surface area contributed by atoms with Gasteiger partial charge in [0.15, 0.2) is 5.82 Å². The number of anilines is 2. The van der Waals surface area contributed by atoms with E-state index >= 15 is 0 Å². The van der Waals surface area contributed by atoms with E-state index in [1.807, 2.05) is 31.2 Å². The monoisotopic (exact) mass is 506 g/mol. The van der Waals surface area contributed by atoms with Gasteiger partial charge >= 0.3 is 0 Å². The van der Waals surface area contributed by atoms with Crippen molar-refractivity contribution in [3.05, 3.63) is 29.8 Å². The highest BCUT2D eigenvalue weighted by molar-refractivity contribution is 5.67. The highest BCUT2D eigenvalue weighted by atomic mass is 19.3. The minimum absolute atomic E-state index is 0.168. The summed E-state index contributed by atoms with van der Waals surface area (Å²) in [6.45, 7) is 6.07. The van der Waals surface area contributed by atoms with Crippen molar-refractivity contribution in [2.75, 3.05) is 76.4 Å². The molecule has 0 radical (unpaired) electrons. The van der Waals surface area contributed by atoms with Crippen LogP contribution < -0.4 is 20.3 Å². The first-order valence-corrected chi connectivity index (χ1v) is 12.5. The lowest BCUT2D eigenvalue weighted by Crippen LogP contribution is -2.48. The Morgan fingerprint density at radius 1 is 1.22 bits per heavy atom. The van der Waals surface area contributed by atoms with E-state index in [9.17, 15) is 13.9 Å². The molecular weight excluding hydrogens is 470 g/mol. The zero-order valence-electron chi connectivity index (χ0n) is 20.9. The molecule has 2 aliphatic rings. The van der Waals surface area contributed by atoms with Crippen LogP contribution in [0.2, 0.25) is 0 Å². The van der Waals surface area contributed by atoms with Crippen LogP contribution >= 0.6 is 0 Å². The van der Waals surface area contributed by atoms with Crippen molar-refractivity contribution < 1.29 is 23.4 Å². The van der Waals surface area contributed by atoms with E-state index < -0.39 is 12.5 Å². The first-order valence-electron chi connectivity index (χ1n) is 12.5. The fourth-order valence-electron chi connectivity index (χ4n) is 4.47. The van der Waals surface area contributed by atoms with Gasteiger partial charge in [0, 0.05) is 50.5 Å². The van der Waals surface area contributed by atoms with Crippen LogP contribution in [0.5, 0.6) is 5.75 Å². The lowest BCUT2D eigenvalue weighted by Gasteiger charge is -2.36. The molecule has 3 N–H and O–H groups in total. The van der Waals surface area contributed by atoms with Crippen LogP contribution in [0.4, 0.5) is 20.4 Å². The second-order valence-electron chi connectivity index (χ2n) is 9.28. The maximum Gasteiger partial charge on any atom is 0.251 e. The molecule has 11 heteroatoms. The minimum atomic E-state index is -2.33. The average Bonchev–Trinajstić information content (AvgIpc) is 3.38. The average molecular weight is 507 g/mol. The molecule has 0 amide bonds. The third-order valence-electron chi connectivity index (χ3n) is 6.43. The summed E-state index contributed by atoms with van der Waals surface area (Å²) in [4.78, 5) is 13.7. The number of ether oxygens (including phenoxy) is 2. The van der Waals surface area contributed by atoms with Crippen molar-refractivity contribution in [2.45, 2.75) is 31.9 Å². The predicted molar refractivity (Wildman–Crippen MR) is 135 cm³/mol. The summed E-state index contributed by atoms with van der Waals surface area (Å²) in [6, 6.07) is 7.67. The molecule has 198 valence electrons. The molecule has 0 bridgehead atoms. The summed E-state index contributed by atoms with van der Waals surface area (Å²) in [5, 5.41) is 16.4. The first kappa shape index (κ1) is 26.5. The highest BCUT2D eigenvalue weighted by Crippen LogP contribution is 2.31. The van der Waals surface area contributed by atoms with Crippen LogP contribution in [0.25, 0.3) is 11.4 Å². The Balaban J connectivity index is 1.59. The first-order chi connectivity index (χ1) is 17.4. The maximum absolute atomic E-state index is 12.8. The van der Waals surface area contributed by atoms with E-state index in [1.165, 1.54) is 0 Å². The van der Waals surface area contributed by atoms with Gasteiger partial charge in [0.25, 0.3) is 6.43 Å². The Labute approximate surface area is 210 Å². The number of halogens is 2. The number of rotatable bonds is 11. The van der Waals surface area contributed by atoms with Gasteiger partial charge in [0.1, 0.15) is 30.1 Å². The van der Waals surface area contributed by atoms with E-state index in [2.05, 4.69) is 15.5 Å². The van der Waals surface area contributed by atoms with E-state index in [0.717, 1.165) is 29.2 Å². The van der Waals surface area contributed by atoms with Gasteiger partial charge in [-0.1, -0.05) is 12.1 Å². The van der Waals surface area contributed by atoms with Crippen molar-refractivity contribution >= 4 is 11.6 Å². The molecule has 4 rings (SSSR count). The van der Waals surface area contributed by atoms with Gasteiger partial charge in [-0.2, -0.15) is 0 Å². The zero-order valence-corrected chi connectivity index (χ0v) is 20.9. The number of hydrogen-bond donors (Lipinski definition) is 3. The number of piperazine rings is 1. The summed E-state index contributed by atoms with van der Waals surface area (Å²) in [5.74, 6) is 2.71. The van der Waals surface area contributed by atoms with E-state index in [0.29, 0.717) is 57.5 Å². The van der Waals surface area contributed by atoms with E-state index in [-0.39, 0.29) is 19.2 Å². The second-order valence-corrected chi connectivity index (χ2v) is 9.28. The summed E-state index contributed by atoms with van der Waals surface area (Å²) in [5.41, 5.74) is 1.72. The lowest BCUT2D eigenvalue weighted by atomic mass is 10.1. The SMILES string of the molecule is CNCC(O)COc1cccc(-c2nc(N[C@@H]3CCOC3)c(C)c(N3CCN(CC(F)F)CC3)n2)c1. The lowest BCUT2D eigenvalue weighted by molar-refractivity contribution is 0.0853. The molecule has 2 atom stereocenters. The van der Waals surface area contributed by atoms with Gasteiger partial charge in [-0.3, -0.25) is 4.90 Å². The van der Waals surface area contributed by atoms with Crippen LogP contribution in [0.3, 0.4) is 0 Å². The van der Waals surface area contributed by atoms with Gasteiger partial charge in [0.05, 0.1) is 19.2 Å². The molecule has 2 aliphatic heterocycles. The molecule has 1 aromatic heterocycles. The Bertz CT molecular complexity index is 984. The fraction of sp³-hybridized carbons (Fsp3) is 0.600. The normalized spacial score (nSPS) is 19.6. The molecule has 1 aromatic carbocycles. The molecule has 36 heavy (non-hydrogen) atoms. The topological polar surface area (TPSA) is 95.0 Å². The maximum atomic E-state index is 12.8. The van der Waals surface area contributed by atoms with E-state index in [1.54, 1.807) is 11.9 Å². The Morgan fingerprint density at radius 3 is 2.72 bits per heavy atom. The standard InChI is InChI=1S/C25H36F2N6O3/c1-17-23(29-19-6-11-35-15-19)30-24(18-4-3-5-21(12-18)36-16-20(34)13-28-2)31-25(17)33-9-7-32(8-10-33)14-22(26)27/h3-5,12,19-20,22,28,34H,6-11,13-16H2,1-2H3,(H,29,30,31)/t19-,20?/m1/s1. The van der Waals surface area contributed by atoms with Crippen LogP contribution in [0, 0.1) is 6.92 Å². The third kappa shape index (κ3) is 7.00. The largest absolute Gasteiger partial charge is 0.491 e. The van der Waals surface area contributed by atoms with Crippen molar-refractivity contribution in [1.82, 2.24) is 20.2 Å². The molecule has 2 saturated heterocycles. The molecule has 2 aromatic rings. The summed E-state index contributed by atoms with van der Waals surface area (Å²) in [7, 11) is 1.78. The number of alkyl halides is 2. The molecular formula is C25H36F2N6O3. The van der Waals surface area contributed by atoms with Crippen molar-refractivity contribution in [2.24, 2.45) is 0 Å². The molecule has 1 unspecified atom stereocenters. The molecule has 0 aliphatic carbocycles. The molecule has 0 saturated carbocycles. The number of aromatic nitrogens is 2. The van der Waals surface area contributed by atoms with Gasteiger partial charge < -0.3 is 30.1 Å². The van der Waals surface area contributed by atoms with Crippen LogP contribution in [-0.2, 0) is 4.74 Å². The van der Waals surface area contributed by atoms with Gasteiger partial charge in [0.2, 0.25) is 0 Å². The van der Waals surface area contributed by atoms with Gasteiger partial charge in [-0.15, -0.1) is 0 Å². The minimum Gasteiger partial charge on any atom is -0.491 e. The highest BCUT2D eigenvalue weighted by Gasteiger charge is 2.25. The van der Waals surface area contributed by atoms with Crippen LogP contribution in [0.15, 0.2) is 24.3 Å². The summed E-state index contributed by atoms with van der Waals surface area (Å²) < 4.78 is 37.0. The van der Waals surface area contributed by atoms with Gasteiger partial charge in [-0.05, 0) is 32.5 Å².